The summed E-state index contributed by atoms with van der Waals surface area (Å²) in [6.07, 6.45) is -1.41. The minimum absolute atomic E-state index is 0.269. The molecule has 0 unspecified atom stereocenters. The van der Waals surface area contributed by atoms with Gasteiger partial charge in [0.15, 0.2) is 5.79 Å². The van der Waals surface area contributed by atoms with E-state index in [0.717, 1.165) is 0 Å². The zero-order chi connectivity index (χ0) is 11.9. The first-order chi connectivity index (χ1) is 7.43. The second-order valence-corrected chi connectivity index (χ2v) is 4.61. The molecule has 0 spiro atoms. The highest BCUT2D eigenvalue weighted by molar-refractivity contribution is 5.67. The summed E-state index contributed by atoms with van der Waals surface area (Å²) in [4.78, 5) is 11.1. The Morgan fingerprint density at radius 3 is 2.69 bits per heavy atom. The van der Waals surface area contributed by atoms with Crippen LogP contribution in [0.3, 0.4) is 0 Å². The number of hydrogen-bond donors (Lipinski definition) is 2. The Morgan fingerprint density at radius 2 is 2.06 bits per heavy atom. The van der Waals surface area contributed by atoms with Crippen LogP contribution in [0, 0.1) is 0 Å². The summed E-state index contributed by atoms with van der Waals surface area (Å²) < 4.78 is 15.7. The lowest BCUT2D eigenvalue weighted by atomic mass is 10.2. The normalized spacial score (nSPS) is 40.5. The molecule has 0 bridgehead atoms. The van der Waals surface area contributed by atoms with Crippen molar-refractivity contribution in [2.24, 2.45) is 0 Å². The highest BCUT2D eigenvalue weighted by Crippen LogP contribution is 2.38. The van der Waals surface area contributed by atoms with E-state index in [1.54, 1.807) is 13.8 Å². The number of fused-ring (bicyclic) bond motifs is 1. The third-order valence-corrected chi connectivity index (χ3v) is 2.92. The van der Waals surface area contributed by atoms with Crippen LogP contribution < -0.4 is 5.32 Å². The van der Waals surface area contributed by atoms with Crippen molar-refractivity contribution in [2.45, 2.75) is 50.4 Å². The van der Waals surface area contributed by atoms with Gasteiger partial charge in [0, 0.05) is 0 Å². The van der Waals surface area contributed by atoms with Crippen molar-refractivity contribution >= 4 is 6.09 Å². The molecule has 1 aliphatic carbocycles. The zero-order valence-electron chi connectivity index (χ0n) is 9.60. The van der Waals surface area contributed by atoms with Crippen LogP contribution in [0.4, 0.5) is 4.79 Å². The van der Waals surface area contributed by atoms with Gasteiger partial charge in [-0.15, -0.1) is 0 Å². The Bertz CT molecular complexity index is 293. The number of ether oxygens (including phenoxy) is 3. The van der Waals surface area contributed by atoms with Crippen molar-refractivity contribution in [1.29, 1.82) is 0 Å². The fourth-order valence-corrected chi connectivity index (χ4v) is 2.31. The lowest BCUT2D eigenvalue weighted by Crippen LogP contribution is -2.42. The van der Waals surface area contributed by atoms with E-state index in [-0.39, 0.29) is 18.2 Å². The average Bonchev–Trinajstić information content (AvgIpc) is 2.64. The summed E-state index contributed by atoms with van der Waals surface area (Å²) in [5, 5.41) is 12.4. The molecule has 0 aromatic heterocycles. The molecule has 16 heavy (non-hydrogen) atoms. The van der Waals surface area contributed by atoms with E-state index in [9.17, 15) is 9.90 Å². The van der Waals surface area contributed by atoms with Crippen LogP contribution in [0.15, 0.2) is 0 Å². The average molecular weight is 231 g/mol. The van der Waals surface area contributed by atoms with Crippen LogP contribution in [-0.2, 0) is 14.2 Å². The zero-order valence-corrected chi connectivity index (χ0v) is 9.60. The summed E-state index contributed by atoms with van der Waals surface area (Å²) in [5.74, 6) is -0.715. The Labute approximate surface area is 93.9 Å². The molecule has 1 amide bonds. The molecule has 0 radical (unpaired) electrons. The molecule has 6 nitrogen and oxygen atoms in total. The molecule has 1 saturated carbocycles. The summed E-state index contributed by atoms with van der Waals surface area (Å²) in [6.45, 7) is 3.57. The largest absolute Gasteiger partial charge is 0.453 e. The van der Waals surface area contributed by atoms with Crippen LogP contribution in [0.25, 0.3) is 0 Å². The first-order valence-corrected chi connectivity index (χ1v) is 5.31. The lowest BCUT2D eigenvalue weighted by molar-refractivity contribution is -0.163. The molecule has 2 aliphatic rings. The van der Waals surface area contributed by atoms with E-state index in [1.165, 1.54) is 7.11 Å². The molecular weight excluding hydrogens is 214 g/mol. The highest BCUT2D eigenvalue weighted by Gasteiger charge is 2.54. The topological polar surface area (TPSA) is 77.0 Å². The maximum atomic E-state index is 11.1. The first-order valence-electron chi connectivity index (χ1n) is 5.31. The van der Waals surface area contributed by atoms with Gasteiger partial charge in [-0.3, -0.25) is 0 Å². The Hall–Kier alpha value is -0.850. The predicted molar refractivity (Wildman–Crippen MR) is 53.8 cm³/mol. The SMILES string of the molecule is COC(=O)N[C@@H]1C[C@H](O)[C@H]2OC(C)(C)O[C@H]21. The fourth-order valence-electron chi connectivity index (χ4n) is 2.31. The lowest BCUT2D eigenvalue weighted by Gasteiger charge is -2.22. The van der Waals surface area contributed by atoms with Gasteiger partial charge < -0.3 is 24.6 Å². The third kappa shape index (κ3) is 2.00. The molecule has 6 heteroatoms. The van der Waals surface area contributed by atoms with Crippen LogP contribution in [0.2, 0.25) is 0 Å². The van der Waals surface area contributed by atoms with Crippen molar-refractivity contribution in [3.8, 4) is 0 Å². The van der Waals surface area contributed by atoms with Crippen molar-refractivity contribution < 1.29 is 24.1 Å². The summed E-state index contributed by atoms with van der Waals surface area (Å²) in [5.41, 5.74) is 0. The third-order valence-electron chi connectivity index (χ3n) is 2.92. The van der Waals surface area contributed by atoms with Crippen molar-refractivity contribution in [2.75, 3.05) is 7.11 Å². The fraction of sp³-hybridized carbons (Fsp3) is 0.900. The Kier molecular flexibility index (Phi) is 2.81. The molecule has 4 atom stereocenters. The number of nitrogens with one attached hydrogen (secondary N) is 1. The molecule has 2 N–H and O–H groups in total. The van der Waals surface area contributed by atoms with Gasteiger partial charge in [0.25, 0.3) is 0 Å². The van der Waals surface area contributed by atoms with Gasteiger partial charge in [-0.05, 0) is 20.3 Å². The number of rotatable bonds is 1. The van der Waals surface area contributed by atoms with Crippen LogP contribution in [0.1, 0.15) is 20.3 Å². The van der Waals surface area contributed by atoms with E-state index in [4.69, 9.17) is 9.47 Å². The smallest absolute Gasteiger partial charge is 0.407 e. The molecule has 1 aliphatic heterocycles. The maximum Gasteiger partial charge on any atom is 0.407 e. The second-order valence-electron chi connectivity index (χ2n) is 4.61. The van der Waals surface area contributed by atoms with Crippen LogP contribution in [-0.4, -0.2) is 48.5 Å². The van der Waals surface area contributed by atoms with Gasteiger partial charge >= 0.3 is 6.09 Å². The summed E-state index contributed by atoms with van der Waals surface area (Å²) in [6, 6.07) is -0.269. The number of carbonyl (C=O) groups is 1. The Balaban J connectivity index is 2.04. The highest BCUT2D eigenvalue weighted by atomic mass is 16.8. The van der Waals surface area contributed by atoms with Gasteiger partial charge in [-0.2, -0.15) is 0 Å². The van der Waals surface area contributed by atoms with Gasteiger partial charge in [0.1, 0.15) is 12.2 Å². The molecular formula is C10H17NO5. The molecule has 1 saturated heterocycles. The van der Waals surface area contributed by atoms with E-state index in [1.807, 2.05) is 0 Å². The van der Waals surface area contributed by atoms with E-state index in [2.05, 4.69) is 10.1 Å². The minimum Gasteiger partial charge on any atom is -0.453 e. The van der Waals surface area contributed by atoms with Crippen molar-refractivity contribution in [1.82, 2.24) is 5.32 Å². The number of hydrogen-bond acceptors (Lipinski definition) is 5. The standard InChI is InChI=1S/C10H17NO5/c1-10(2)15-7-5(11-9(13)14-3)4-6(12)8(7)16-10/h5-8,12H,4H2,1-3H3,(H,11,13)/t5-,6+,7+,8-/m1/s1. The summed E-state index contributed by atoms with van der Waals surface area (Å²) >= 11 is 0. The van der Waals surface area contributed by atoms with Crippen LogP contribution in [0.5, 0.6) is 0 Å². The first kappa shape index (κ1) is 11.6. The molecule has 1 heterocycles. The van der Waals surface area contributed by atoms with Gasteiger partial charge in [-0.1, -0.05) is 0 Å². The maximum absolute atomic E-state index is 11.1. The van der Waals surface area contributed by atoms with Crippen molar-refractivity contribution in [3.05, 3.63) is 0 Å². The van der Waals surface area contributed by atoms with E-state index in [0.29, 0.717) is 6.42 Å². The van der Waals surface area contributed by atoms with Gasteiger partial charge in [-0.25, -0.2) is 4.79 Å². The van der Waals surface area contributed by atoms with Gasteiger partial charge in [0.2, 0.25) is 0 Å². The number of aliphatic hydroxyl groups is 1. The monoisotopic (exact) mass is 231 g/mol. The molecule has 2 fully saturated rings. The van der Waals surface area contributed by atoms with E-state index < -0.39 is 18.0 Å². The number of carbonyl (C=O) groups excluding carboxylic acids is 1. The number of amides is 1. The summed E-state index contributed by atoms with van der Waals surface area (Å²) in [7, 11) is 1.30. The quantitative estimate of drug-likeness (QED) is 0.664. The Morgan fingerprint density at radius 1 is 1.44 bits per heavy atom. The molecule has 92 valence electrons. The predicted octanol–water partition coefficient (Wildman–Crippen LogP) is -0.00430. The second kappa shape index (κ2) is 3.87. The molecule has 2 rings (SSSR count). The number of methoxy groups -OCH3 is 1. The minimum atomic E-state index is -0.715. The number of aliphatic hydroxyl groups excluding tert-OH is 1. The number of alkyl carbamates (subject to hydrolysis) is 1. The van der Waals surface area contributed by atoms with Crippen LogP contribution >= 0.6 is 0 Å². The van der Waals surface area contributed by atoms with E-state index >= 15 is 0 Å². The van der Waals surface area contributed by atoms with Gasteiger partial charge in [0.05, 0.1) is 19.3 Å². The molecule has 0 aromatic rings. The molecule has 0 aromatic carbocycles. The van der Waals surface area contributed by atoms with Crippen molar-refractivity contribution in [3.63, 3.8) is 0 Å².